The van der Waals surface area contributed by atoms with Crippen molar-refractivity contribution in [2.24, 2.45) is 0 Å². The number of fused-ring (bicyclic) bond motifs is 1. The van der Waals surface area contributed by atoms with Crippen LogP contribution in [0.15, 0.2) is 54.6 Å². The van der Waals surface area contributed by atoms with Gasteiger partial charge in [-0.3, -0.25) is 0 Å². The van der Waals surface area contributed by atoms with Gasteiger partial charge in [-0.25, -0.2) is 4.98 Å². The van der Waals surface area contributed by atoms with Crippen molar-refractivity contribution < 1.29 is 0 Å². The van der Waals surface area contributed by atoms with E-state index in [1.54, 1.807) is 0 Å². The standard InChI is InChI=1S/C21H25N5/c1-25-13-15-26(16-14-25)21-23-19-10-6-5-9-18(19)20(24-21)22-12-11-17-7-3-2-4-8-17/h2-10H,11-16H2,1H3,(H,22,23,24). The molecule has 0 atom stereocenters. The van der Waals surface area contributed by atoms with Crippen molar-refractivity contribution in [3.05, 3.63) is 60.2 Å². The first-order chi connectivity index (χ1) is 12.8. The molecule has 5 nitrogen and oxygen atoms in total. The molecule has 0 bridgehead atoms. The molecule has 0 spiro atoms. The van der Waals surface area contributed by atoms with Crippen LogP contribution in [0.4, 0.5) is 11.8 Å². The Bertz CT molecular complexity index is 857. The molecule has 1 aliphatic rings. The Morgan fingerprint density at radius 2 is 1.62 bits per heavy atom. The summed E-state index contributed by atoms with van der Waals surface area (Å²) in [5.41, 5.74) is 2.33. The largest absolute Gasteiger partial charge is 0.369 e. The molecule has 134 valence electrons. The van der Waals surface area contributed by atoms with Gasteiger partial charge in [0.05, 0.1) is 5.52 Å². The zero-order valence-corrected chi connectivity index (χ0v) is 15.2. The summed E-state index contributed by atoms with van der Waals surface area (Å²) in [6, 6.07) is 18.8. The number of nitrogens with one attached hydrogen (secondary N) is 1. The lowest BCUT2D eigenvalue weighted by Gasteiger charge is -2.32. The molecule has 0 amide bonds. The maximum Gasteiger partial charge on any atom is 0.227 e. The van der Waals surface area contributed by atoms with E-state index >= 15 is 0 Å². The van der Waals surface area contributed by atoms with Crippen LogP contribution in [0.2, 0.25) is 0 Å². The number of likely N-dealkylation sites (N-methyl/N-ethyl adjacent to an activating group) is 1. The monoisotopic (exact) mass is 347 g/mol. The van der Waals surface area contributed by atoms with E-state index in [1.165, 1.54) is 5.56 Å². The molecule has 0 radical (unpaired) electrons. The third-order valence-electron chi connectivity index (χ3n) is 4.93. The van der Waals surface area contributed by atoms with Gasteiger partial charge in [-0.1, -0.05) is 42.5 Å². The molecule has 3 aromatic rings. The topological polar surface area (TPSA) is 44.3 Å². The number of hydrogen-bond acceptors (Lipinski definition) is 5. The SMILES string of the molecule is CN1CCN(c2nc(NCCc3ccccc3)c3ccccc3n2)CC1. The van der Waals surface area contributed by atoms with E-state index in [4.69, 9.17) is 9.97 Å². The number of nitrogens with zero attached hydrogens (tertiary/aromatic N) is 4. The quantitative estimate of drug-likeness (QED) is 0.768. The summed E-state index contributed by atoms with van der Waals surface area (Å²) in [5, 5.41) is 4.62. The third kappa shape index (κ3) is 3.78. The van der Waals surface area contributed by atoms with Gasteiger partial charge in [0.15, 0.2) is 0 Å². The van der Waals surface area contributed by atoms with Gasteiger partial charge in [0.1, 0.15) is 5.82 Å². The third-order valence-corrected chi connectivity index (χ3v) is 4.93. The molecule has 1 aliphatic heterocycles. The summed E-state index contributed by atoms with van der Waals surface area (Å²) in [6.45, 7) is 4.89. The molecule has 2 heterocycles. The molecule has 1 N–H and O–H groups in total. The first-order valence-corrected chi connectivity index (χ1v) is 9.28. The molecule has 0 saturated carbocycles. The summed E-state index contributed by atoms with van der Waals surface area (Å²) in [5.74, 6) is 1.76. The fourth-order valence-corrected chi connectivity index (χ4v) is 3.32. The Kier molecular flexibility index (Phi) is 4.97. The Morgan fingerprint density at radius 1 is 0.885 bits per heavy atom. The van der Waals surface area contributed by atoms with Gasteiger partial charge in [-0.15, -0.1) is 0 Å². The van der Waals surface area contributed by atoms with Gasteiger partial charge in [-0.2, -0.15) is 4.98 Å². The zero-order valence-electron chi connectivity index (χ0n) is 15.2. The van der Waals surface area contributed by atoms with Crippen LogP contribution in [-0.4, -0.2) is 54.6 Å². The number of benzene rings is 2. The molecular weight excluding hydrogens is 322 g/mol. The van der Waals surface area contributed by atoms with Crippen molar-refractivity contribution in [3.63, 3.8) is 0 Å². The minimum absolute atomic E-state index is 0.832. The smallest absolute Gasteiger partial charge is 0.227 e. The molecule has 5 heteroatoms. The zero-order chi connectivity index (χ0) is 17.8. The normalized spacial score (nSPS) is 15.3. The molecular formula is C21H25N5. The summed E-state index contributed by atoms with van der Waals surface area (Å²) >= 11 is 0. The van der Waals surface area contributed by atoms with E-state index in [-0.39, 0.29) is 0 Å². The molecule has 0 unspecified atom stereocenters. The Hall–Kier alpha value is -2.66. The molecule has 1 aromatic heterocycles. The fraction of sp³-hybridized carbons (Fsp3) is 0.333. The van der Waals surface area contributed by atoms with Crippen molar-refractivity contribution >= 4 is 22.7 Å². The van der Waals surface area contributed by atoms with Gasteiger partial charge in [0.2, 0.25) is 5.95 Å². The number of hydrogen-bond donors (Lipinski definition) is 1. The van der Waals surface area contributed by atoms with E-state index in [0.717, 1.165) is 61.8 Å². The van der Waals surface area contributed by atoms with Gasteiger partial charge < -0.3 is 15.1 Å². The molecule has 0 aliphatic carbocycles. The molecule has 1 fully saturated rings. The first-order valence-electron chi connectivity index (χ1n) is 9.28. The van der Waals surface area contributed by atoms with Gasteiger partial charge >= 0.3 is 0 Å². The van der Waals surface area contributed by atoms with Crippen LogP contribution < -0.4 is 10.2 Å². The number of aromatic nitrogens is 2. The molecule has 4 rings (SSSR count). The van der Waals surface area contributed by atoms with Crippen LogP contribution in [0.25, 0.3) is 10.9 Å². The summed E-state index contributed by atoms with van der Waals surface area (Å²) in [4.78, 5) is 14.3. The van der Waals surface area contributed by atoms with E-state index in [9.17, 15) is 0 Å². The van der Waals surface area contributed by atoms with Crippen molar-refractivity contribution in [2.75, 3.05) is 50.0 Å². The highest BCUT2D eigenvalue weighted by Crippen LogP contribution is 2.24. The number of anilines is 2. The average molecular weight is 347 g/mol. The van der Waals surface area contributed by atoms with Crippen LogP contribution in [0.1, 0.15) is 5.56 Å². The lowest BCUT2D eigenvalue weighted by atomic mass is 10.1. The summed E-state index contributed by atoms with van der Waals surface area (Å²) < 4.78 is 0. The van der Waals surface area contributed by atoms with Gasteiger partial charge in [0, 0.05) is 38.1 Å². The Labute approximate surface area is 154 Å². The van der Waals surface area contributed by atoms with Crippen molar-refractivity contribution in [1.82, 2.24) is 14.9 Å². The van der Waals surface area contributed by atoms with E-state index in [1.807, 2.05) is 12.1 Å². The second-order valence-corrected chi connectivity index (χ2v) is 6.84. The second-order valence-electron chi connectivity index (χ2n) is 6.84. The van der Waals surface area contributed by atoms with Crippen molar-refractivity contribution in [1.29, 1.82) is 0 Å². The number of piperazine rings is 1. The van der Waals surface area contributed by atoms with Crippen LogP contribution in [0.3, 0.4) is 0 Å². The van der Waals surface area contributed by atoms with Crippen LogP contribution >= 0.6 is 0 Å². The Morgan fingerprint density at radius 3 is 2.42 bits per heavy atom. The highest BCUT2D eigenvalue weighted by molar-refractivity contribution is 5.90. The van der Waals surface area contributed by atoms with Crippen LogP contribution in [-0.2, 0) is 6.42 Å². The average Bonchev–Trinajstić information content (AvgIpc) is 2.69. The van der Waals surface area contributed by atoms with Crippen LogP contribution in [0.5, 0.6) is 0 Å². The van der Waals surface area contributed by atoms with Gasteiger partial charge in [-0.05, 0) is 31.2 Å². The fourth-order valence-electron chi connectivity index (χ4n) is 3.32. The van der Waals surface area contributed by atoms with E-state index in [0.29, 0.717) is 0 Å². The second kappa shape index (κ2) is 7.70. The highest BCUT2D eigenvalue weighted by atomic mass is 15.3. The predicted octanol–water partition coefficient (Wildman–Crippen LogP) is 3.04. The number of para-hydroxylation sites is 1. The molecule has 1 saturated heterocycles. The predicted molar refractivity (Wildman–Crippen MR) is 108 cm³/mol. The maximum atomic E-state index is 4.87. The highest BCUT2D eigenvalue weighted by Gasteiger charge is 2.18. The van der Waals surface area contributed by atoms with Crippen molar-refractivity contribution in [3.8, 4) is 0 Å². The summed E-state index contributed by atoms with van der Waals surface area (Å²) in [7, 11) is 2.16. The van der Waals surface area contributed by atoms with Crippen molar-refractivity contribution in [2.45, 2.75) is 6.42 Å². The van der Waals surface area contributed by atoms with E-state index < -0.39 is 0 Å². The lowest BCUT2D eigenvalue weighted by Crippen LogP contribution is -2.45. The minimum atomic E-state index is 0.832. The first kappa shape index (κ1) is 16.8. The summed E-state index contributed by atoms with van der Waals surface area (Å²) in [6.07, 6.45) is 0.975. The molecule has 26 heavy (non-hydrogen) atoms. The number of rotatable bonds is 5. The molecule has 2 aromatic carbocycles. The van der Waals surface area contributed by atoms with Crippen LogP contribution in [0, 0.1) is 0 Å². The maximum absolute atomic E-state index is 4.87. The Balaban J connectivity index is 1.56. The minimum Gasteiger partial charge on any atom is -0.369 e. The van der Waals surface area contributed by atoms with E-state index in [2.05, 4.69) is 64.6 Å². The van der Waals surface area contributed by atoms with Gasteiger partial charge in [0.25, 0.3) is 0 Å². The lowest BCUT2D eigenvalue weighted by molar-refractivity contribution is 0.311.